The summed E-state index contributed by atoms with van der Waals surface area (Å²) in [7, 11) is 0. The van der Waals surface area contributed by atoms with E-state index in [0.29, 0.717) is 6.42 Å². The summed E-state index contributed by atoms with van der Waals surface area (Å²) in [5.74, 6) is -0.190. The summed E-state index contributed by atoms with van der Waals surface area (Å²) in [5.41, 5.74) is 0. The zero-order valence-corrected chi connectivity index (χ0v) is 31.2. The topological polar surface area (TPSA) is 149 Å². The van der Waals surface area contributed by atoms with E-state index >= 15 is 0 Å². The van der Waals surface area contributed by atoms with Crippen LogP contribution in [0.3, 0.4) is 0 Å². The molecule has 6 N–H and O–H groups in total. The molecule has 1 heterocycles. The van der Waals surface area contributed by atoms with Crippen LogP contribution in [0.15, 0.2) is 24.3 Å². The first kappa shape index (κ1) is 45.7. The van der Waals surface area contributed by atoms with E-state index in [4.69, 9.17) is 9.47 Å². The van der Waals surface area contributed by atoms with Gasteiger partial charge in [0.2, 0.25) is 5.91 Å². The van der Waals surface area contributed by atoms with Gasteiger partial charge in [-0.1, -0.05) is 147 Å². The number of ether oxygens (including phenoxy) is 2. The molecule has 9 nitrogen and oxygen atoms in total. The average molecular weight is 698 g/mol. The van der Waals surface area contributed by atoms with Gasteiger partial charge in [0.25, 0.3) is 0 Å². The molecule has 1 rings (SSSR count). The summed E-state index contributed by atoms with van der Waals surface area (Å²) >= 11 is 0. The number of nitrogens with one attached hydrogen (secondary N) is 1. The lowest BCUT2D eigenvalue weighted by Crippen LogP contribution is -2.60. The minimum atomic E-state index is -1.56. The standard InChI is InChI=1S/C40H75NO8/c1-3-5-7-9-11-13-15-16-17-18-19-20-21-23-25-27-29-34(43)33(32-48-40-39(47)38(46)37(45)35(31-42)49-40)41-36(44)30-28-26-24-22-14-12-10-8-6-4-2/h8,10,27,29,33-35,37-40,42-43,45-47H,3-7,9,11-26,28,30-32H2,1-2H3,(H,41,44)/b10-8-,29-27+. The van der Waals surface area contributed by atoms with Crippen LogP contribution in [-0.4, -0.2) is 87.5 Å². The molecule has 1 aliphatic rings. The maximum absolute atomic E-state index is 12.8. The van der Waals surface area contributed by atoms with Crippen molar-refractivity contribution in [2.24, 2.45) is 0 Å². The predicted octanol–water partition coefficient (Wildman–Crippen LogP) is 7.16. The molecule has 0 bridgehead atoms. The van der Waals surface area contributed by atoms with Crippen molar-refractivity contribution in [2.45, 2.75) is 211 Å². The highest BCUT2D eigenvalue weighted by molar-refractivity contribution is 5.76. The first-order chi connectivity index (χ1) is 23.8. The molecule has 49 heavy (non-hydrogen) atoms. The number of carbonyl (C=O) groups excluding carboxylic acids is 1. The quantitative estimate of drug-likeness (QED) is 0.0320. The number of hydrogen-bond donors (Lipinski definition) is 6. The van der Waals surface area contributed by atoms with Crippen molar-refractivity contribution in [3.05, 3.63) is 24.3 Å². The molecule has 0 aromatic carbocycles. The minimum Gasteiger partial charge on any atom is -0.394 e. The number of aliphatic hydroxyl groups is 5. The van der Waals surface area contributed by atoms with E-state index in [1.165, 1.54) is 83.5 Å². The molecule has 1 saturated heterocycles. The van der Waals surface area contributed by atoms with Crippen LogP contribution < -0.4 is 5.32 Å². The molecule has 7 atom stereocenters. The van der Waals surface area contributed by atoms with Gasteiger partial charge in [-0.25, -0.2) is 0 Å². The van der Waals surface area contributed by atoms with Crippen LogP contribution >= 0.6 is 0 Å². The molecule has 288 valence electrons. The molecule has 1 aliphatic heterocycles. The van der Waals surface area contributed by atoms with E-state index in [1.54, 1.807) is 6.08 Å². The van der Waals surface area contributed by atoms with Crippen LogP contribution in [0.25, 0.3) is 0 Å². The molecule has 0 saturated carbocycles. The van der Waals surface area contributed by atoms with Gasteiger partial charge in [0.1, 0.15) is 24.4 Å². The Bertz CT molecular complexity index is 822. The number of hydrogen-bond acceptors (Lipinski definition) is 8. The second kappa shape index (κ2) is 31.4. The zero-order valence-electron chi connectivity index (χ0n) is 31.2. The van der Waals surface area contributed by atoms with Crippen molar-refractivity contribution >= 4 is 5.91 Å². The molecule has 9 heteroatoms. The summed E-state index contributed by atoms with van der Waals surface area (Å²) in [4.78, 5) is 12.8. The maximum atomic E-state index is 12.8. The second-order valence-corrected chi connectivity index (χ2v) is 14.1. The molecule has 0 spiro atoms. The summed E-state index contributed by atoms with van der Waals surface area (Å²) in [6.45, 7) is 3.68. The number of rotatable bonds is 32. The Morgan fingerprint density at radius 3 is 1.73 bits per heavy atom. The van der Waals surface area contributed by atoms with Gasteiger partial charge in [-0.15, -0.1) is 0 Å². The highest BCUT2D eigenvalue weighted by Gasteiger charge is 2.44. The van der Waals surface area contributed by atoms with Crippen molar-refractivity contribution in [3.8, 4) is 0 Å². The van der Waals surface area contributed by atoms with Gasteiger partial charge in [0.05, 0.1) is 25.4 Å². The first-order valence-electron chi connectivity index (χ1n) is 20.1. The van der Waals surface area contributed by atoms with Gasteiger partial charge in [-0.3, -0.25) is 4.79 Å². The minimum absolute atomic E-state index is 0.190. The largest absolute Gasteiger partial charge is 0.394 e. The van der Waals surface area contributed by atoms with Crippen molar-refractivity contribution in [2.75, 3.05) is 13.2 Å². The molecule has 1 fully saturated rings. The summed E-state index contributed by atoms with van der Waals surface area (Å²) in [5, 5.41) is 53.9. The monoisotopic (exact) mass is 698 g/mol. The molecular formula is C40H75NO8. The zero-order chi connectivity index (χ0) is 36.0. The third kappa shape index (κ3) is 23.0. The van der Waals surface area contributed by atoms with Crippen molar-refractivity contribution in [3.63, 3.8) is 0 Å². The van der Waals surface area contributed by atoms with Gasteiger partial charge in [0, 0.05) is 6.42 Å². The van der Waals surface area contributed by atoms with Crippen LogP contribution in [0.5, 0.6) is 0 Å². The van der Waals surface area contributed by atoms with E-state index in [1.807, 2.05) is 6.08 Å². The molecule has 0 aliphatic carbocycles. The number of amides is 1. The normalized spacial score (nSPS) is 22.6. The summed E-state index contributed by atoms with van der Waals surface area (Å²) in [6.07, 6.45) is 27.9. The lowest BCUT2D eigenvalue weighted by Gasteiger charge is -2.40. The van der Waals surface area contributed by atoms with Crippen molar-refractivity contribution in [1.82, 2.24) is 5.32 Å². The van der Waals surface area contributed by atoms with Crippen LogP contribution in [0, 0.1) is 0 Å². The van der Waals surface area contributed by atoms with E-state index < -0.39 is 49.5 Å². The molecule has 0 radical (unpaired) electrons. The van der Waals surface area contributed by atoms with Gasteiger partial charge in [-0.2, -0.15) is 0 Å². The van der Waals surface area contributed by atoms with E-state index in [-0.39, 0.29) is 12.5 Å². The molecule has 0 aromatic heterocycles. The SMILES string of the molecule is CCC/C=C\CCCCCCCC(=O)NC(COC1OC(CO)C(O)C(O)C1O)C(O)/C=C/CCCCCCCCCCCCCCCC. The molecular weight excluding hydrogens is 622 g/mol. The fraction of sp³-hybridized carbons (Fsp3) is 0.875. The Morgan fingerprint density at radius 2 is 1.18 bits per heavy atom. The highest BCUT2D eigenvalue weighted by atomic mass is 16.7. The number of carbonyl (C=O) groups is 1. The van der Waals surface area contributed by atoms with E-state index in [2.05, 4.69) is 31.3 Å². The fourth-order valence-electron chi connectivity index (χ4n) is 6.22. The van der Waals surface area contributed by atoms with Crippen LogP contribution in [-0.2, 0) is 14.3 Å². The molecule has 1 amide bonds. The Labute approximate surface area is 298 Å². The summed E-state index contributed by atoms with van der Waals surface area (Å²) in [6, 6.07) is -0.803. The van der Waals surface area contributed by atoms with Gasteiger partial charge >= 0.3 is 0 Å². The Hall–Kier alpha value is -1.33. The fourth-order valence-corrected chi connectivity index (χ4v) is 6.22. The van der Waals surface area contributed by atoms with Crippen molar-refractivity contribution < 1.29 is 39.8 Å². The first-order valence-corrected chi connectivity index (χ1v) is 20.1. The van der Waals surface area contributed by atoms with Crippen LogP contribution in [0.2, 0.25) is 0 Å². The number of aliphatic hydroxyl groups excluding tert-OH is 5. The van der Waals surface area contributed by atoms with Crippen LogP contribution in [0.1, 0.15) is 168 Å². The lowest BCUT2D eigenvalue weighted by molar-refractivity contribution is -0.302. The number of allylic oxidation sites excluding steroid dienone is 3. The highest BCUT2D eigenvalue weighted by Crippen LogP contribution is 2.22. The molecule has 0 aromatic rings. The van der Waals surface area contributed by atoms with Gasteiger partial charge in [-0.05, 0) is 38.5 Å². The van der Waals surface area contributed by atoms with Gasteiger partial charge < -0.3 is 40.3 Å². The maximum Gasteiger partial charge on any atom is 0.220 e. The van der Waals surface area contributed by atoms with Gasteiger partial charge in [0.15, 0.2) is 6.29 Å². The third-order valence-electron chi connectivity index (χ3n) is 9.50. The number of unbranched alkanes of at least 4 members (excludes halogenated alkanes) is 20. The lowest BCUT2D eigenvalue weighted by atomic mass is 9.99. The Morgan fingerprint density at radius 1 is 0.673 bits per heavy atom. The smallest absolute Gasteiger partial charge is 0.220 e. The van der Waals surface area contributed by atoms with Crippen molar-refractivity contribution in [1.29, 1.82) is 0 Å². The van der Waals surface area contributed by atoms with E-state index in [9.17, 15) is 30.3 Å². The predicted molar refractivity (Wildman–Crippen MR) is 198 cm³/mol. The second-order valence-electron chi connectivity index (χ2n) is 14.1. The average Bonchev–Trinajstić information content (AvgIpc) is 3.10. The summed E-state index contributed by atoms with van der Waals surface area (Å²) < 4.78 is 11.1. The Balaban J connectivity index is 2.43. The third-order valence-corrected chi connectivity index (χ3v) is 9.50. The van der Waals surface area contributed by atoms with E-state index in [0.717, 1.165) is 64.2 Å². The Kier molecular flexibility index (Phi) is 29.3. The van der Waals surface area contributed by atoms with Crippen LogP contribution in [0.4, 0.5) is 0 Å². The molecule has 7 unspecified atom stereocenters.